The molecule has 0 bridgehead atoms. The molecule has 33 heavy (non-hydrogen) atoms. The van der Waals surface area contributed by atoms with Gasteiger partial charge < -0.3 is 20.4 Å². The summed E-state index contributed by atoms with van der Waals surface area (Å²) in [5, 5.41) is 40.1. The number of aliphatic hydroxyl groups is 4. The summed E-state index contributed by atoms with van der Waals surface area (Å²) in [5.41, 5.74) is 3.59. The van der Waals surface area contributed by atoms with E-state index in [-0.39, 0.29) is 18.6 Å². The highest BCUT2D eigenvalue weighted by Gasteiger charge is 2.50. The molecule has 0 aromatic rings. The third-order valence-corrected chi connectivity index (χ3v) is 9.30. The molecule has 0 aliphatic heterocycles. The molecule has 8 atom stereocenters. The van der Waals surface area contributed by atoms with Gasteiger partial charge in [0.15, 0.2) is 0 Å². The van der Waals surface area contributed by atoms with Gasteiger partial charge in [0.25, 0.3) is 0 Å². The molecule has 0 saturated heterocycles. The summed E-state index contributed by atoms with van der Waals surface area (Å²) in [6.07, 6.45) is 14.1. The number of rotatable bonds is 9. The normalized spacial score (nSPS) is 39.1. The minimum Gasteiger partial charge on any atom is -0.396 e. The van der Waals surface area contributed by atoms with Crippen LogP contribution in [-0.2, 0) is 0 Å². The largest absolute Gasteiger partial charge is 0.396 e. The maximum atomic E-state index is 10.7. The van der Waals surface area contributed by atoms with Crippen molar-refractivity contribution in [2.45, 2.75) is 110 Å². The summed E-state index contributed by atoms with van der Waals surface area (Å²) in [4.78, 5) is 0. The van der Waals surface area contributed by atoms with Crippen LogP contribution in [0, 0.1) is 29.1 Å². The summed E-state index contributed by atoms with van der Waals surface area (Å²) < 4.78 is 0. The number of aliphatic hydroxyl groups excluding tert-OH is 4. The smallest absolute Gasteiger partial charge is 0.0839 e. The van der Waals surface area contributed by atoms with Crippen molar-refractivity contribution in [1.29, 1.82) is 0 Å². The Morgan fingerprint density at radius 2 is 1.88 bits per heavy atom. The number of fused-ring (bicyclic) bond motifs is 1. The molecular formula is C29H48O4. The maximum Gasteiger partial charge on any atom is 0.0839 e. The van der Waals surface area contributed by atoms with Crippen LogP contribution in [0.2, 0.25) is 0 Å². The summed E-state index contributed by atoms with van der Waals surface area (Å²) >= 11 is 0. The average molecular weight is 461 g/mol. The summed E-state index contributed by atoms with van der Waals surface area (Å²) in [6, 6.07) is 0. The van der Waals surface area contributed by atoms with E-state index in [4.69, 9.17) is 5.11 Å². The van der Waals surface area contributed by atoms with Crippen LogP contribution in [0.1, 0.15) is 91.4 Å². The van der Waals surface area contributed by atoms with E-state index in [1.807, 2.05) is 6.92 Å². The molecule has 3 unspecified atom stereocenters. The van der Waals surface area contributed by atoms with E-state index in [2.05, 4.69) is 32.6 Å². The molecular weight excluding hydrogens is 412 g/mol. The highest BCUT2D eigenvalue weighted by molar-refractivity contribution is 5.39. The molecule has 188 valence electrons. The second-order valence-electron chi connectivity index (χ2n) is 11.6. The Hall–Kier alpha value is -0.940. The van der Waals surface area contributed by atoms with Crippen molar-refractivity contribution in [3.63, 3.8) is 0 Å². The predicted molar refractivity (Wildman–Crippen MR) is 135 cm³/mol. The van der Waals surface area contributed by atoms with Crippen LogP contribution in [0.3, 0.4) is 0 Å². The third-order valence-electron chi connectivity index (χ3n) is 9.30. The molecule has 0 aromatic heterocycles. The number of allylic oxidation sites excluding steroid dienone is 3. The fraction of sp³-hybridized carbons (Fsp3) is 0.793. The maximum absolute atomic E-state index is 10.7. The van der Waals surface area contributed by atoms with Crippen LogP contribution >= 0.6 is 0 Å². The zero-order chi connectivity index (χ0) is 24.2. The average Bonchev–Trinajstić information content (AvgIpc) is 3.12. The Bertz CT molecular complexity index is 723. The van der Waals surface area contributed by atoms with E-state index in [0.29, 0.717) is 36.5 Å². The van der Waals surface area contributed by atoms with E-state index in [1.54, 1.807) is 0 Å². The predicted octanol–water partition coefficient (Wildman–Crippen LogP) is 5.31. The van der Waals surface area contributed by atoms with Crippen LogP contribution < -0.4 is 0 Å². The fourth-order valence-corrected chi connectivity index (χ4v) is 7.38. The van der Waals surface area contributed by atoms with Gasteiger partial charge in [-0.25, -0.2) is 0 Å². The van der Waals surface area contributed by atoms with Gasteiger partial charge in [0.1, 0.15) is 0 Å². The molecule has 0 amide bonds. The van der Waals surface area contributed by atoms with Crippen molar-refractivity contribution in [3.05, 3.63) is 35.5 Å². The van der Waals surface area contributed by atoms with Gasteiger partial charge in [-0.15, -0.1) is 0 Å². The monoisotopic (exact) mass is 460 g/mol. The lowest BCUT2D eigenvalue weighted by atomic mass is 9.60. The van der Waals surface area contributed by atoms with Gasteiger partial charge in [-0.1, -0.05) is 51.0 Å². The second-order valence-corrected chi connectivity index (χ2v) is 11.6. The van der Waals surface area contributed by atoms with Crippen molar-refractivity contribution in [3.8, 4) is 0 Å². The highest BCUT2D eigenvalue weighted by Crippen LogP contribution is 2.60. The fourth-order valence-electron chi connectivity index (χ4n) is 7.38. The lowest BCUT2D eigenvalue weighted by Crippen LogP contribution is -2.38. The molecule has 4 nitrogen and oxygen atoms in total. The van der Waals surface area contributed by atoms with Crippen molar-refractivity contribution in [2.75, 3.05) is 6.61 Å². The summed E-state index contributed by atoms with van der Waals surface area (Å²) in [6.45, 7) is 11.1. The summed E-state index contributed by atoms with van der Waals surface area (Å²) in [7, 11) is 0. The van der Waals surface area contributed by atoms with Crippen molar-refractivity contribution in [2.24, 2.45) is 29.1 Å². The molecule has 0 radical (unpaired) electrons. The van der Waals surface area contributed by atoms with Gasteiger partial charge >= 0.3 is 0 Å². The molecule has 3 aliphatic carbocycles. The van der Waals surface area contributed by atoms with E-state index < -0.39 is 12.2 Å². The molecule has 3 saturated carbocycles. The van der Waals surface area contributed by atoms with Gasteiger partial charge in [0.2, 0.25) is 0 Å². The quantitative estimate of drug-likeness (QED) is 0.376. The first-order valence-corrected chi connectivity index (χ1v) is 13.4. The van der Waals surface area contributed by atoms with Crippen LogP contribution in [0.4, 0.5) is 0 Å². The minimum atomic E-state index is -0.736. The zero-order valence-electron chi connectivity index (χ0n) is 21.2. The highest BCUT2D eigenvalue weighted by atomic mass is 16.3. The van der Waals surface area contributed by atoms with Crippen LogP contribution in [0.25, 0.3) is 0 Å². The number of hydrogen-bond donors (Lipinski definition) is 4. The molecule has 3 rings (SSSR count). The van der Waals surface area contributed by atoms with E-state index in [0.717, 1.165) is 36.3 Å². The van der Waals surface area contributed by atoms with E-state index >= 15 is 0 Å². The van der Waals surface area contributed by atoms with Gasteiger partial charge in [-0.3, -0.25) is 0 Å². The van der Waals surface area contributed by atoms with Gasteiger partial charge in [0.05, 0.1) is 18.3 Å². The van der Waals surface area contributed by atoms with Crippen LogP contribution in [0.15, 0.2) is 35.5 Å². The molecule has 3 aliphatic rings. The first-order valence-electron chi connectivity index (χ1n) is 13.4. The standard InChI is InChI=1S/C29H48O4/c1-19(8-5-9-20(2)31)25-14-15-26-22(10-6-16-29(25,26)4)12-13-23-18-27(32)24(11-7-17-30)28(33)21(23)3/h12-13,19-20,24-28,30-33H,3,5-11,14-18H2,1-2,4H3/b22-12-,23-13+/t19?,20?,24-,25+,26?,27+,28+,29+/m0/s1. The Morgan fingerprint density at radius 1 is 1.12 bits per heavy atom. The Morgan fingerprint density at radius 3 is 2.58 bits per heavy atom. The van der Waals surface area contributed by atoms with Gasteiger partial charge in [0, 0.05) is 12.5 Å². The Kier molecular flexibility index (Phi) is 9.42. The molecule has 4 N–H and O–H groups in total. The Balaban J connectivity index is 1.70. The molecule has 0 heterocycles. The second kappa shape index (κ2) is 11.7. The lowest BCUT2D eigenvalue weighted by Gasteiger charge is -2.44. The molecule has 4 heteroatoms. The van der Waals surface area contributed by atoms with Gasteiger partial charge in [-0.2, -0.15) is 0 Å². The topological polar surface area (TPSA) is 80.9 Å². The van der Waals surface area contributed by atoms with Crippen LogP contribution in [-0.4, -0.2) is 45.3 Å². The van der Waals surface area contributed by atoms with Crippen LogP contribution in [0.5, 0.6) is 0 Å². The minimum absolute atomic E-state index is 0.0809. The van der Waals surface area contributed by atoms with E-state index in [9.17, 15) is 15.3 Å². The molecule has 0 spiro atoms. The van der Waals surface area contributed by atoms with Crippen molar-refractivity contribution in [1.82, 2.24) is 0 Å². The first kappa shape index (κ1) is 26.7. The Labute approximate surface area is 201 Å². The SMILES string of the molecule is C=C1/C(=C/C=C2/CCC[C@@]3(C)C2CC[C@@H]3C(C)CCCC(C)O)C[C@@H](O)[C@H](CCCO)[C@@H]1O. The number of hydrogen-bond acceptors (Lipinski definition) is 4. The van der Waals surface area contributed by atoms with Crippen molar-refractivity contribution >= 4 is 0 Å². The van der Waals surface area contributed by atoms with Gasteiger partial charge in [-0.05, 0) is 99.0 Å². The molecule has 0 aromatic carbocycles. The zero-order valence-corrected chi connectivity index (χ0v) is 21.2. The van der Waals surface area contributed by atoms with Crippen molar-refractivity contribution < 1.29 is 20.4 Å². The molecule has 3 fully saturated rings. The third kappa shape index (κ3) is 6.01. The van der Waals surface area contributed by atoms with E-state index in [1.165, 1.54) is 37.7 Å². The summed E-state index contributed by atoms with van der Waals surface area (Å²) in [5.74, 6) is 1.82. The first-order chi connectivity index (χ1) is 15.7. The lowest BCUT2D eigenvalue weighted by molar-refractivity contribution is 0.0112.